The van der Waals surface area contributed by atoms with Gasteiger partial charge >= 0.3 is 0 Å². The Morgan fingerprint density at radius 2 is 2.05 bits per heavy atom. The number of hydrogen-bond acceptors (Lipinski definition) is 4. The molecule has 5 heteroatoms. The van der Waals surface area contributed by atoms with Crippen molar-refractivity contribution in [1.29, 1.82) is 0 Å². The molecule has 0 spiro atoms. The zero-order valence-corrected chi connectivity index (χ0v) is 14.3. The average molecular weight is 307 g/mol. The standard InChI is InChI=1S/C16H25N3OS/c1-15(2,3)14-12(9-19(5)18-14)8-17-11-16(4,20)13-6-7-21-10-13/h6-7,9-10,17,20H,8,11H2,1-5H3. The van der Waals surface area contributed by atoms with Crippen molar-refractivity contribution in [2.24, 2.45) is 7.05 Å². The lowest BCUT2D eigenvalue weighted by molar-refractivity contribution is 0.0571. The molecule has 1 atom stereocenters. The molecule has 21 heavy (non-hydrogen) atoms. The van der Waals surface area contributed by atoms with E-state index in [1.54, 1.807) is 11.3 Å². The van der Waals surface area contributed by atoms with E-state index in [0.717, 1.165) is 11.3 Å². The maximum Gasteiger partial charge on any atom is 0.1000 e. The number of nitrogens with zero attached hydrogens (tertiary/aromatic N) is 2. The molecule has 2 aromatic heterocycles. The molecule has 0 bridgehead atoms. The van der Waals surface area contributed by atoms with Crippen LogP contribution in [0, 0.1) is 0 Å². The lowest BCUT2D eigenvalue weighted by Crippen LogP contribution is -2.35. The third kappa shape index (κ3) is 3.93. The molecule has 0 amide bonds. The molecule has 0 aliphatic carbocycles. The fraction of sp³-hybridized carbons (Fsp3) is 0.562. The number of nitrogens with one attached hydrogen (secondary N) is 1. The van der Waals surface area contributed by atoms with Crippen LogP contribution in [0.5, 0.6) is 0 Å². The molecule has 116 valence electrons. The summed E-state index contributed by atoms with van der Waals surface area (Å²) in [7, 11) is 1.94. The summed E-state index contributed by atoms with van der Waals surface area (Å²) in [5, 5.41) is 22.4. The third-order valence-electron chi connectivity index (χ3n) is 3.54. The van der Waals surface area contributed by atoms with Gasteiger partial charge < -0.3 is 10.4 Å². The van der Waals surface area contributed by atoms with E-state index in [9.17, 15) is 5.11 Å². The van der Waals surface area contributed by atoms with Gasteiger partial charge in [0.15, 0.2) is 0 Å². The van der Waals surface area contributed by atoms with Crippen molar-refractivity contribution in [1.82, 2.24) is 15.1 Å². The van der Waals surface area contributed by atoms with Gasteiger partial charge in [-0.15, -0.1) is 0 Å². The van der Waals surface area contributed by atoms with Crippen molar-refractivity contribution in [3.05, 3.63) is 39.8 Å². The van der Waals surface area contributed by atoms with Crippen LogP contribution in [-0.4, -0.2) is 21.4 Å². The van der Waals surface area contributed by atoms with Crippen molar-refractivity contribution >= 4 is 11.3 Å². The molecule has 4 nitrogen and oxygen atoms in total. The molecule has 2 N–H and O–H groups in total. The third-order valence-corrected chi connectivity index (χ3v) is 4.23. The van der Waals surface area contributed by atoms with Gasteiger partial charge in [0.05, 0.1) is 11.3 Å². The Morgan fingerprint density at radius 1 is 1.33 bits per heavy atom. The van der Waals surface area contributed by atoms with Gasteiger partial charge in [0.1, 0.15) is 0 Å². The first-order chi connectivity index (χ1) is 9.70. The highest BCUT2D eigenvalue weighted by molar-refractivity contribution is 7.08. The smallest absolute Gasteiger partial charge is 0.1000 e. The van der Waals surface area contributed by atoms with E-state index in [0.29, 0.717) is 13.1 Å². The number of hydrogen-bond donors (Lipinski definition) is 2. The van der Waals surface area contributed by atoms with Crippen LogP contribution in [0.4, 0.5) is 0 Å². The number of aryl methyl sites for hydroxylation is 1. The van der Waals surface area contributed by atoms with Gasteiger partial charge in [-0.1, -0.05) is 20.8 Å². The highest BCUT2D eigenvalue weighted by Gasteiger charge is 2.25. The van der Waals surface area contributed by atoms with Crippen LogP contribution in [0.15, 0.2) is 23.0 Å². The summed E-state index contributed by atoms with van der Waals surface area (Å²) in [5.74, 6) is 0. The highest BCUT2D eigenvalue weighted by Crippen LogP contribution is 2.25. The van der Waals surface area contributed by atoms with E-state index in [2.05, 4.69) is 31.2 Å². The van der Waals surface area contributed by atoms with Gasteiger partial charge in [0, 0.05) is 37.3 Å². The van der Waals surface area contributed by atoms with Crippen molar-refractivity contribution in [3.63, 3.8) is 0 Å². The fourth-order valence-corrected chi connectivity index (χ4v) is 3.19. The first kappa shape index (κ1) is 16.2. The monoisotopic (exact) mass is 307 g/mol. The Bertz CT molecular complexity index is 579. The molecule has 0 aliphatic heterocycles. The van der Waals surface area contributed by atoms with Gasteiger partial charge in [0.2, 0.25) is 0 Å². The molecule has 2 rings (SSSR count). The molecule has 1 unspecified atom stereocenters. The minimum absolute atomic E-state index is 0.0220. The molecule has 0 fully saturated rings. The van der Waals surface area contributed by atoms with Crippen molar-refractivity contribution < 1.29 is 5.11 Å². The average Bonchev–Trinajstić information content (AvgIpc) is 2.97. The van der Waals surface area contributed by atoms with Crippen LogP contribution < -0.4 is 5.32 Å². The number of rotatable bonds is 5. The van der Waals surface area contributed by atoms with E-state index >= 15 is 0 Å². The summed E-state index contributed by atoms with van der Waals surface area (Å²) in [6, 6.07) is 1.97. The van der Waals surface area contributed by atoms with E-state index in [1.807, 2.05) is 41.7 Å². The Kier molecular flexibility index (Phi) is 4.56. The van der Waals surface area contributed by atoms with Gasteiger partial charge in [-0.3, -0.25) is 4.68 Å². The summed E-state index contributed by atoms with van der Waals surface area (Å²) in [6.07, 6.45) is 2.05. The second kappa shape index (κ2) is 5.91. The minimum Gasteiger partial charge on any atom is -0.384 e. The van der Waals surface area contributed by atoms with E-state index < -0.39 is 5.60 Å². The van der Waals surface area contributed by atoms with Crippen LogP contribution in [0.2, 0.25) is 0 Å². The molecular formula is C16H25N3OS. The zero-order chi connectivity index (χ0) is 15.7. The van der Waals surface area contributed by atoms with Crippen molar-refractivity contribution in [3.8, 4) is 0 Å². The Labute approximate surface area is 130 Å². The lowest BCUT2D eigenvalue weighted by Gasteiger charge is -2.23. The van der Waals surface area contributed by atoms with E-state index in [4.69, 9.17) is 0 Å². The molecule has 2 aromatic rings. The normalized spacial score (nSPS) is 15.1. The summed E-state index contributed by atoms with van der Waals surface area (Å²) in [4.78, 5) is 0. The van der Waals surface area contributed by atoms with Crippen LogP contribution in [0.25, 0.3) is 0 Å². The molecule has 0 saturated carbocycles. The number of aliphatic hydroxyl groups is 1. The predicted molar refractivity (Wildman–Crippen MR) is 87.5 cm³/mol. The Hall–Kier alpha value is -1.17. The van der Waals surface area contributed by atoms with Crippen molar-refractivity contribution in [2.45, 2.75) is 45.3 Å². The van der Waals surface area contributed by atoms with E-state index in [-0.39, 0.29) is 5.41 Å². The predicted octanol–water partition coefficient (Wildman–Crippen LogP) is 2.78. The second-order valence-electron chi connectivity index (χ2n) is 6.82. The van der Waals surface area contributed by atoms with E-state index in [1.165, 1.54) is 5.56 Å². The molecule has 0 aromatic carbocycles. The number of aromatic nitrogens is 2. The van der Waals surface area contributed by atoms with Gasteiger partial charge in [-0.2, -0.15) is 16.4 Å². The van der Waals surface area contributed by atoms with Gasteiger partial charge in [0.25, 0.3) is 0 Å². The molecule has 0 saturated heterocycles. The largest absolute Gasteiger partial charge is 0.384 e. The summed E-state index contributed by atoms with van der Waals surface area (Å²) >= 11 is 1.60. The second-order valence-corrected chi connectivity index (χ2v) is 7.60. The summed E-state index contributed by atoms with van der Waals surface area (Å²) in [5.41, 5.74) is 2.43. The Balaban J connectivity index is 2.01. The molecule has 0 aliphatic rings. The quantitative estimate of drug-likeness (QED) is 0.893. The van der Waals surface area contributed by atoms with Gasteiger partial charge in [-0.05, 0) is 29.3 Å². The zero-order valence-electron chi connectivity index (χ0n) is 13.5. The van der Waals surface area contributed by atoms with Crippen LogP contribution in [0.3, 0.4) is 0 Å². The summed E-state index contributed by atoms with van der Waals surface area (Å²) in [6.45, 7) is 9.57. The topological polar surface area (TPSA) is 50.1 Å². The van der Waals surface area contributed by atoms with Crippen LogP contribution in [-0.2, 0) is 24.6 Å². The van der Waals surface area contributed by atoms with Crippen molar-refractivity contribution in [2.75, 3.05) is 6.54 Å². The van der Waals surface area contributed by atoms with Crippen LogP contribution >= 0.6 is 11.3 Å². The fourth-order valence-electron chi connectivity index (χ4n) is 2.41. The molecule has 2 heterocycles. The lowest BCUT2D eigenvalue weighted by atomic mass is 9.89. The molecule has 0 radical (unpaired) electrons. The Morgan fingerprint density at radius 3 is 2.62 bits per heavy atom. The number of thiophene rings is 1. The maximum absolute atomic E-state index is 10.5. The minimum atomic E-state index is -0.843. The van der Waals surface area contributed by atoms with Crippen LogP contribution in [0.1, 0.15) is 44.5 Å². The first-order valence-corrected chi connectivity index (χ1v) is 8.13. The SMILES string of the molecule is Cn1cc(CNCC(C)(O)c2ccsc2)c(C(C)(C)C)n1. The summed E-state index contributed by atoms with van der Waals surface area (Å²) < 4.78 is 1.86. The maximum atomic E-state index is 10.5. The highest BCUT2D eigenvalue weighted by atomic mass is 32.1. The van der Waals surface area contributed by atoms with Gasteiger partial charge in [-0.25, -0.2) is 0 Å². The molecular weight excluding hydrogens is 282 g/mol. The first-order valence-electron chi connectivity index (χ1n) is 7.19.